The van der Waals surface area contributed by atoms with Gasteiger partial charge in [-0.1, -0.05) is 24.3 Å². The maximum atomic E-state index is 9.82. The van der Waals surface area contributed by atoms with Crippen LogP contribution in [0.1, 0.15) is 17.0 Å². The fourth-order valence-electron chi connectivity index (χ4n) is 3.99. The molecule has 0 aliphatic carbocycles. The first kappa shape index (κ1) is 18.8. The van der Waals surface area contributed by atoms with Crippen molar-refractivity contribution in [1.29, 1.82) is 10.7 Å². The lowest BCUT2D eigenvalue weighted by molar-refractivity contribution is 0.171. The van der Waals surface area contributed by atoms with Crippen molar-refractivity contribution < 1.29 is 18.9 Å². The first-order valence-electron chi connectivity index (χ1n) is 9.77. The second kappa shape index (κ2) is 7.58. The van der Waals surface area contributed by atoms with E-state index in [9.17, 15) is 5.26 Å². The van der Waals surface area contributed by atoms with Gasteiger partial charge in [-0.05, 0) is 35.9 Å². The Hall–Kier alpha value is -4.18. The molecule has 0 bridgehead atoms. The molecule has 154 valence electrons. The summed E-state index contributed by atoms with van der Waals surface area (Å²) in [6.45, 7) is 0.117. The van der Waals surface area contributed by atoms with Crippen molar-refractivity contribution >= 4 is 17.3 Å². The van der Waals surface area contributed by atoms with Gasteiger partial charge in [0.25, 0.3) is 0 Å². The van der Waals surface area contributed by atoms with Crippen molar-refractivity contribution in [2.24, 2.45) is 5.92 Å². The van der Waals surface area contributed by atoms with E-state index in [1.807, 2.05) is 60.7 Å². The lowest BCUT2D eigenvalue weighted by Gasteiger charge is -2.31. The molecule has 2 N–H and O–H groups in total. The summed E-state index contributed by atoms with van der Waals surface area (Å²) >= 11 is 0. The SMILES string of the molecule is COc1cc(C2c3ccc(Nc4ccccc4)cc3OC(=N)C2C#N)cc2c1OCO2. The summed E-state index contributed by atoms with van der Waals surface area (Å²) in [5, 5.41) is 21.5. The lowest BCUT2D eigenvalue weighted by Crippen LogP contribution is -2.31. The van der Waals surface area contributed by atoms with Crippen molar-refractivity contribution in [1.82, 2.24) is 0 Å². The zero-order valence-corrected chi connectivity index (χ0v) is 16.7. The topological polar surface area (TPSA) is 96.6 Å². The third-order valence-corrected chi connectivity index (χ3v) is 5.43. The molecule has 31 heavy (non-hydrogen) atoms. The molecule has 2 aliphatic rings. The normalized spacial score (nSPS) is 18.5. The summed E-state index contributed by atoms with van der Waals surface area (Å²) in [5.74, 6) is 0.912. The highest BCUT2D eigenvalue weighted by atomic mass is 16.7. The molecular formula is C24H19N3O4. The van der Waals surface area contributed by atoms with Gasteiger partial charge in [0.05, 0.1) is 13.2 Å². The van der Waals surface area contributed by atoms with Gasteiger partial charge in [0.1, 0.15) is 11.7 Å². The molecule has 0 fully saturated rings. The standard InChI is InChI=1S/C24H19N3O4/c1-28-20-9-14(10-21-23(20)30-13-29-21)22-17-8-7-16(27-15-5-3-2-4-6-15)11-19(17)31-24(26)18(22)12-25/h2-11,18,22,26-27H,13H2,1H3. The van der Waals surface area contributed by atoms with E-state index in [4.69, 9.17) is 24.4 Å². The van der Waals surface area contributed by atoms with Crippen LogP contribution in [0.2, 0.25) is 0 Å². The van der Waals surface area contributed by atoms with E-state index < -0.39 is 11.8 Å². The van der Waals surface area contributed by atoms with Gasteiger partial charge in [-0.2, -0.15) is 5.26 Å². The highest BCUT2D eigenvalue weighted by molar-refractivity contribution is 5.86. The zero-order valence-electron chi connectivity index (χ0n) is 16.7. The van der Waals surface area contributed by atoms with Gasteiger partial charge in [0, 0.05) is 28.9 Å². The van der Waals surface area contributed by atoms with Crippen LogP contribution in [-0.4, -0.2) is 19.8 Å². The van der Waals surface area contributed by atoms with Crippen LogP contribution in [0.5, 0.6) is 23.0 Å². The second-order valence-corrected chi connectivity index (χ2v) is 7.25. The van der Waals surface area contributed by atoms with Crippen molar-refractivity contribution in [3.63, 3.8) is 0 Å². The third-order valence-electron chi connectivity index (χ3n) is 5.43. The van der Waals surface area contributed by atoms with Crippen LogP contribution in [0, 0.1) is 22.7 Å². The number of nitrogens with one attached hydrogen (secondary N) is 2. The predicted molar refractivity (Wildman–Crippen MR) is 115 cm³/mol. The maximum absolute atomic E-state index is 9.82. The van der Waals surface area contributed by atoms with E-state index in [-0.39, 0.29) is 12.7 Å². The summed E-state index contributed by atoms with van der Waals surface area (Å²) in [6, 6.07) is 21.4. The lowest BCUT2D eigenvalue weighted by atomic mass is 9.79. The van der Waals surface area contributed by atoms with Gasteiger partial charge >= 0.3 is 0 Å². The van der Waals surface area contributed by atoms with Gasteiger partial charge in [0.2, 0.25) is 18.4 Å². The molecule has 7 heteroatoms. The number of hydrogen-bond donors (Lipinski definition) is 2. The number of para-hydroxylation sites is 1. The summed E-state index contributed by atoms with van der Waals surface area (Å²) < 4.78 is 22.3. The molecule has 0 spiro atoms. The number of benzene rings is 3. The molecule has 0 saturated carbocycles. The molecule has 0 saturated heterocycles. The number of ether oxygens (including phenoxy) is 4. The van der Waals surface area contributed by atoms with E-state index in [0.717, 1.165) is 22.5 Å². The molecule has 3 aromatic rings. The highest BCUT2D eigenvalue weighted by Gasteiger charge is 2.38. The van der Waals surface area contributed by atoms with E-state index >= 15 is 0 Å². The van der Waals surface area contributed by atoms with E-state index in [1.165, 1.54) is 0 Å². The fourth-order valence-corrected chi connectivity index (χ4v) is 3.99. The van der Waals surface area contributed by atoms with Crippen LogP contribution in [0.25, 0.3) is 0 Å². The first-order chi connectivity index (χ1) is 15.2. The van der Waals surface area contributed by atoms with Gasteiger partial charge in [-0.3, -0.25) is 5.41 Å². The minimum atomic E-state index is -0.773. The van der Waals surface area contributed by atoms with Crippen molar-refractivity contribution in [2.45, 2.75) is 5.92 Å². The largest absolute Gasteiger partial charge is 0.493 e. The van der Waals surface area contributed by atoms with Crippen molar-refractivity contribution in [3.8, 4) is 29.1 Å². The molecule has 2 atom stereocenters. The molecule has 0 amide bonds. The Morgan fingerprint density at radius 3 is 2.65 bits per heavy atom. The monoisotopic (exact) mass is 413 g/mol. The zero-order chi connectivity index (χ0) is 21.4. The Morgan fingerprint density at radius 2 is 1.87 bits per heavy atom. The summed E-state index contributed by atoms with van der Waals surface area (Å²) in [7, 11) is 1.56. The van der Waals surface area contributed by atoms with Crippen LogP contribution in [0.15, 0.2) is 60.7 Å². The molecule has 2 heterocycles. The quantitative estimate of drug-likeness (QED) is 0.637. The minimum absolute atomic E-state index is 0.0894. The Balaban J connectivity index is 1.58. The molecule has 0 aromatic heterocycles. The highest BCUT2D eigenvalue weighted by Crippen LogP contribution is 2.49. The van der Waals surface area contributed by atoms with Crippen LogP contribution >= 0.6 is 0 Å². The Morgan fingerprint density at radius 1 is 1.03 bits per heavy atom. The number of rotatable bonds is 4. The molecule has 3 aromatic carbocycles. The van der Waals surface area contributed by atoms with Crippen LogP contribution in [-0.2, 0) is 0 Å². The molecule has 2 unspecified atom stereocenters. The van der Waals surface area contributed by atoms with Gasteiger partial charge < -0.3 is 24.3 Å². The van der Waals surface area contributed by atoms with Crippen LogP contribution in [0.3, 0.4) is 0 Å². The minimum Gasteiger partial charge on any atom is -0.493 e. The molecular weight excluding hydrogens is 394 g/mol. The van der Waals surface area contributed by atoms with E-state index in [2.05, 4.69) is 11.4 Å². The van der Waals surface area contributed by atoms with Crippen LogP contribution in [0.4, 0.5) is 11.4 Å². The number of fused-ring (bicyclic) bond motifs is 2. The summed E-state index contributed by atoms with van der Waals surface area (Å²) in [5.41, 5.74) is 3.39. The molecule has 0 radical (unpaired) electrons. The Kier molecular flexibility index (Phi) is 4.60. The maximum Gasteiger partial charge on any atom is 0.231 e. The third kappa shape index (κ3) is 3.28. The summed E-state index contributed by atoms with van der Waals surface area (Å²) in [4.78, 5) is 0. The Bertz CT molecular complexity index is 1200. The van der Waals surface area contributed by atoms with Crippen LogP contribution < -0.4 is 24.3 Å². The molecule has 7 nitrogen and oxygen atoms in total. The number of anilines is 2. The van der Waals surface area contributed by atoms with E-state index in [0.29, 0.717) is 23.0 Å². The number of nitriles is 1. The average molecular weight is 413 g/mol. The van der Waals surface area contributed by atoms with Gasteiger partial charge in [-0.15, -0.1) is 0 Å². The molecule has 2 aliphatic heterocycles. The number of nitrogens with zero attached hydrogens (tertiary/aromatic N) is 1. The summed E-state index contributed by atoms with van der Waals surface area (Å²) in [6.07, 6.45) is 0. The van der Waals surface area contributed by atoms with E-state index in [1.54, 1.807) is 7.11 Å². The average Bonchev–Trinajstić information content (AvgIpc) is 3.27. The van der Waals surface area contributed by atoms with Gasteiger partial charge in [0.15, 0.2) is 11.5 Å². The second-order valence-electron chi connectivity index (χ2n) is 7.25. The first-order valence-corrected chi connectivity index (χ1v) is 9.77. The number of methoxy groups -OCH3 is 1. The predicted octanol–water partition coefficient (Wildman–Crippen LogP) is 4.81. The Labute approximate surface area is 179 Å². The smallest absolute Gasteiger partial charge is 0.231 e. The number of hydrogen-bond acceptors (Lipinski definition) is 7. The fraction of sp³-hybridized carbons (Fsp3) is 0.167. The van der Waals surface area contributed by atoms with Crippen molar-refractivity contribution in [3.05, 3.63) is 71.8 Å². The van der Waals surface area contributed by atoms with Crippen molar-refractivity contribution in [2.75, 3.05) is 19.2 Å². The molecule has 5 rings (SSSR count). The van der Waals surface area contributed by atoms with Gasteiger partial charge in [-0.25, -0.2) is 0 Å².